The third-order valence-electron chi connectivity index (χ3n) is 5.84. The first kappa shape index (κ1) is 23.4. The van der Waals surface area contributed by atoms with E-state index in [1.165, 1.54) is 11.1 Å². The fourth-order valence-corrected chi connectivity index (χ4v) is 4.37. The molecule has 31 heavy (non-hydrogen) atoms. The Balaban J connectivity index is 1.61. The molecule has 0 bridgehead atoms. The van der Waals surface area contributed by atoms with Crippen LogP contribution in [0.2, 0.25) is 10.0 Å². The minimum Gasteiger partial charge on any atom is -0.349 e. The highest BCUT2D eigenvalue weighted by molar-refractivity contribution is 6.36. The number of hydrogen-bond donors (Lipinski definition) is 2. The number of rotatable bonds is 7. The van der Waals surface area contributed by atoms with Crippen LogP contribution in [0.1, 0.15) is 56.7 Å². The minimum atomic E-state index is -0.283. The summed E-state index contributed by atoms with van der Waals surface area (Å²) >= 11 is 12.1. The van der Waals surface area contributed by atoms with E-state index in [1.54, 1.807) is 23.1 Å². The second-order valence-electron chi connectivity index (χ2n) is 7.97. The van der Waals surface area contributed by atoms with Gasteiger partial charge in [0.05, 0.1) is 16.8 Å². The molecule has 0 aromatic heterocycles. The molecule has 0 heterocycles. The number of carbonyl (C=O) groups is 2. The van der Waals surface area contributed by atoms with Gasteiger partial charge in [0, 0.05) is 24.0 Å². The summed E-state index contributed by atoms with van der Waals surface area (Å²) in [5, 5.41) is 6.87. The van der Waals surface area contributed by atoms with Crippen molar-refractivity contribution in [2.75, 3.05) is 11.9 Å². The lowest BCUT2D eigenvalue weighted by Gasteiger charge is -2.30. The Labute approximate surface area is 194 Å². The monoisotopic (exact) mass is 461 g/mol. The number of carbonyl (C=O) groups excluding carboxylic acids is 2. The molecule has 2 unspecified atom stereocenters. The molecule has 2 atom stereocenters. The molecule has 3 rings (SSSR count). The van der Waals surface area contributed by atoms with E-state index in [0.717, 1.165) is 25.7 Å². The summed E-state index contributed by atoms with van der Waals surface area (Å²) in [4.78, 5) is 27.3. The minimum absolute atomic E-state index is 0.0192. The second kappa shape index (κ2) is 10.9. The van der Waals surface area contributed by atoms with Crippen LogP contribution in [0.3, 0.4) is 0 Å². The smallest absolute Gasteiger partial charge is 0.322 e. The van der Waals surface area contributed by atoms with Gasteiger partial charge >= 0.3 is 6.03 Å². The normalized spacial score (nSPS) is 16.2. The van der Waals surface area contributed by atoms with Gasteiger partial charge < -0.3 is 15.5 Å². The number of nitrogens with one attached hydrogen (secondary N) is 2. The van der Waals surface area contributed by atoms with Crippen LogP contribution in [0.15, 0.2) is 42.5 Å². The predicted molar refractivity (Wildman–Crippen MR) is 127 cm³/mol. The summed E-state index contributed by atoms with van der Waals surface area (Å²) in [5.74, 6) is -0.0488. The molecule has 0 saturated heterocycles. The molecule has 1 aliphatic rings. The van der Waals surface area contributed by atoms with Crippen LogP contribution in [-0.2, 0) is 11.2 Å². The number of aryl methyl sites for hydroxylation is 1. The van der Waals surface area contributed by atoms with Crippen molar-refractivity contribution in [1.82, 2.24) is 10.2 Å². The Bertz CT molecular complexity index is 935. The summed E-state index contributed by atoms with van der Waals surface area (Å²) < 4.78 is 0. The first-order chi connectivity index (χ1) is 14.9. The van der Waals surface area contributed by atoms with Crippen molar-refractivity contribution >= 4 is 40.8 Å². The molecule has 0 spiro atoms. The van der Waals surface area contributed by atoms with E-state index in [0.29, 0.717) is 22.3 Å². The van der Waals surface area contributed by atoms with Crippen molar-refractivity contribution in [3.63, 3.8) is 0 Å². The maximum Gasteiger partial charge on any atom is 0.322 e. The molecule has 2 N–H and O–H groups in total. The van der Waals surface area contributed by atoms with Gasteiger partial charge in [-0.3, -0.25) is 4.79 Å². The van der Waals surface area contributed by atoms with Crippen LogP contribution in [0, 0.1) is 0 Å². The van der Waals surface area contributed by atoms with E-state index in [2.05, 4.69) is 22.8 Å². The summed E-state index contributed by atoms with van der Waals surface area (Å²) in [6.07, 6.45) is 4.07. The number of urea groups is 1. The maximum absolute atomic E-state index is 12.9. The van der Waals surface area contributed by atoms with Gasteiger partial charge in [-0.15, -0.1) is 0 Å². The van der Waals surface area contributed by atoms with Crippen LogP contribution >= 0.6 is 23.2 Å². The van der Waals surface area contributed by atoms with Gasteiger partial charge in [-0.1, -0.05) is 54.4 Å². The fraction of sp³-hybridized carbons (Fsp3) is 0.417. The Morgan fingerprint density at radius 2 is 1.97 bits per heavy atom. The van der Waals surface area contributed by atoms with Gasteiger partial charge in [-0.05, 0) is 61.9 Å². The molecule has 3 amide bonds. The van der Waals surface area contributed by atoms with Crippen molar-refractivity contribution in [2.24, 2.45) is 0 Å². The highest BCUT2D eigenvalue weighted by Gasteiger charge is 2.24. The molecule has 5 nitrogen and oxygen atoms in total. The fourth-order valence-electron chi connectivity index (χ4n) is 3.91. The summed E-state index contributed by atoms with van der Waals surface area (Å²) in [7, 11) is 0. The lowest BCUT2D eigenvalue weighted by Crippen LogP contribution is -2.43. The van der Waals surface area contributed by atoms with E-state index in [9.17, 15) is 9.59 Å². The van der Waals surface area contributed by atoms with Crippen molar-refractivity contribution in [3.05, 3.63) is 63.6 Å². The number of nitrogens with zero attached hydrogens (tertiary/aromatic N) is 1. The Morgan fingerprint density at radius 1 is 1.19 bits per heavy atom. The molecular weight excluding hydrogens is 433 g/mol. The van der Waals surface area contributed by atoms with Crippen molar-refractivity contribution < 1.29 is 9.59 Å². The van der Waals surface area contributed by atoms with E-state index in [1.807, 2.05) is 26.0 Å². The first-order valence-electron chi connectivity index (χ1n) is 10.8. The van der Waals surface area contributed by atoms with Crippen molar-refractivity contribution in [2.45, 2.75) is 58.0 Å². The summed E-state index contributed by atoms with van der Waals surface area (Å²) in [6, 6.07) is 12.9. The van der Waals surface area contributed by atoms with Gasteiger partial charge in [0.15, 0.2) is 0 Å². The zero-order valence-corrected chi connectivity index (χ0v) is 19.5. The van der Waals surface area contributed by atoms with Gasteiger partial charge in [0.2, 0.25) is 5.91 Å². The van der Waals surface area contributed by atoms with Crippen molar-refractivity contribution in [3.8, 4) is 0 Å². The number of benzene rings is 2. The number of amides is 3. The number of hydrogen-bond acceptors (Lipinski definition) is 2. The SMILES string of the molecule is CCC(C)N(CCC(=O)NC1CCCc2ccccc21)C(=O)Nc1ccc(Cl)cc1Cl. The molecule has 0 radical (unpaired) electrons. The average Bonchev–Trinajstić information content (AvgIpc) is 2.76. The lowest BCUT2D eigenvalue weighted by atomic mass is 9.87. The zero-order chi connectivity index (χ0) is 22.4. The van der Waals surface area contributed by atoms with E-state index in [4.69, 9.17) is 23.2 Å². The molecule has 7 heteroatoms. The molecular formula is C24H29Cl2N3O2. The third kappa shape index (κ3) is 6.14. The lowest BCUT2D eigenvalue weighted by molar-refractivity contribution is -0.122. The van der Waals surface area contributed by atoms with Crippen LogP contribution in [0.25, 0.3) is 0 Å². The highest BCUT2D eigenvalue weighted by Crippen LogP contribution is 2.29. The van der Waals surface area contributed by atoms with E-state index < -0.39 is 0 Å². The van der Waals surface area contributed by atoms with E-state index in [-0.39, 0.29) is 30.4 Å². The standard InChI is InChI=1S/C24H29Cl2N3O2/c1-3-16(2)29(24(31)28-22-12-11-18(25)15-20(22)26)14-13-23(30)27-21-10-6-8-17-7-4-5-9-19(17)21/h4-5,7,9,11-12,15-16,21H,3,6,8,10,13-14H2,1-2H3,(H,27,30)(H,28,31). The molecule has 0 aliphatic heterocycles. The second-order valence-corrected chi connectivity index (χ2v) is 8.81. The Morgan fingerprint density at radius 3 is 2.71 bits per heavy atom. The van der Waals surface area contributed by atoms with Crippen LogP contribution in [0.4, 0.5) is 10.5 Å². The highest BCUT2D eigenvalue weighted by atomic mass is 35.5. The van der Waals surface area contributed by atoms with E-state index >= 15 is 0 Å². The molecule has 2 aromatic rings. The molecule has 1 aliphatic carbocycles. The van der Waals surface area contributed by atoms with Gasteiger partial charge in [-0.2, -0.15) is 0 Å². The molecule has 0 fully saturated rings. The zero-order valence-electron chi connectivity index (χ0n) is 18.0. The Kier molecular flexibility index (Phi) is 8.22. The molecule has 0 saturated carbocycles. The topological polar surface area (TPSA) is 61.4 Å². The van der Waals surface area contributed by atoms with Gasteiger partial charge in [0.1, 0.15) is 0 Å². The molecule has 2 aromatic carbocycles. The number of anilines is 1. The first-order valence-corrected chi connectivity index (χ1v) is 11.5. The van der Waals surface area contributed by atoms with Crippen LogP contribution < -0.4 is 10.6 Å². The third-order valence-corrected chi connectivity index (χ3v) is 6.39. The molecule has 166 valence electrons. The average molecular weight is 462 g/mol. The largest absolute Gasteiger partial charge is 0.349 e. The quantitative estimate of drug-likeness (QED) is 0.514. The van der Waals surface area contributed by atoms with Crippen molar-refractivity contribution in [1.29, 1.82) is 0 Å². The summed E-state index contributed by atoms with van der Waals surface area (Å²) in [6.45, 7) is 4.31. The Hall–Kier alpha value is -2.24. The van der Waals surface area contributed by atoms with Gasteiger partial charge in [-0.25, -0.2) is 4.79 Å². The predicted octanol–water partition coefficient (Wildman–Crippen LogP) is 6.21. The maximum atomic E-state index is 12.9. The number of halogens is 2. The van der Waals surface area contributed by atoms with Crippen LogP contribution in [0.5, 0.6) is 0 Å². The summed E-state index contributed by atoms with van der Waals surface area (Å²) in [5.41, 5.74) is 3.00. The van der Waals surface area contributed by atoms with Gasteiger partial charge in [0.25, 0.3) is 0 Å². The van der Waals surface area contributed by atoms with Crippen LogP contribution in [-0.4, -0.2) is 29.4 Å². The number of fused-ring (bicyclic) bond motifs is 1.